The fraction of sp³-hybridized carbons (Fsp3) is 0.267. The number of carboxylic acid groups (broad SMARTS) is 1. The van der Waals surface area contributed by atoms with Crippen LogP contribution in [0.3, 0.4) is 0 Å². The molecule has 2 rings (SSSR count). The van der Waals surface area contributed by atoms with Crippen molar-refractivity contribution in [2.75, 3.05) is 14.2 Å². The van der Waals surface area contributed by atoms with Gasteiger partial charge >= 0.3 is 5.97 Å². The monoisotopic (exact) mass is 303 g/mol. The summed E-state index contributed by atoms with van der Waals surface area (Å²) in [6.45, 7) is 1.81. The molecule has 0 saturated heterocycles. The number of amides is 1. The summed E-state index contributed by atoms with van der Waals surface area (Å²) >= 11 is 0. The van der Waals surface area contributed by atoms with Crippen LogP contribution in [0, 0.1) is 0 Å². The van der Waals surface area contributed by atoms with Crippen molar-refractivity contribution in [2.45, 2.75) is 13.0 Å². The van der Waals surface area contributed by atoms with Crippen LogP contribution >= 0.6 is 0 Å². The Morgan fingerprint density at radius 3 is 2.68 bits per heavy atom. The van der Waals surface area contributed by atoms with Gasteiger partial charge in [-0.3, -0.25) is 9.48 Å². The van der Waals surface area contributed by atoms with E-state index in [1.54, 1.807) is 19.2 Å². The number of nitrogens with zero attached hydrogens (tertiary/aromatic N) is 2. The highest BCUT2D eigenvalue weighted by molar-refractivity contribution is 5.95. The van der Waals surface area contributed by atoms with Crippen LogP contribution < -0.4 is 10.1 Å². The third kappa shape index (κ3) is 2.93. The van der Waals surface area contributed by atoms with E-state index in [1.807, 2.05) is 19.1 Å². The van der Waals surface area contributed by atoms with Crippen LogP contribution in [0.15, 0.2) is 30.3 Å². The van der Waals surface area contributed by atoms with E-state index < -0.39 is 11.9 Å². The van der Waals surface area contributed by atoms with Gasteiger partial charge in [-0.05, 0) is 24.6 Å². The van der Waals surface area contributed by atoms with Gasteiger partial charge in [0.2, 0.25) is 0 Å². The fourth-order valence-electron chi connectivity index (χ4n) is 2.13. The molecule has 0 fully saturated rings. The highest BCUT2D eigenvalue weighted by atomic mass is 16.5. The number of aromatic carboxylic acids is 1. The molecule has 2 aromatic rings. The third-order valence-electron chi connectivity index (χ3n) is 3.36. The van der Waals surface area contributed by atoms with Gasteiger partial charge in [-0.2, -0.15) is 5.10 Å². The smallest absolute Gasteiger partial charge is 0.354 e. The maximum absolute atomic E-state index is 11.7. The Morgan fingerprint density at radius 2 is 2.09 bits per heavy atom. The Morgan fingerprint density at radius 1 is 1.36 bits per heavy atom. The summed E-state index contributed by atoms with van der Waals surface area (Å²) in [5.74, 6) is -0.906. The second-order valence-corrected chi connectivity index (χ2v) is 4.70. The maximum atomic E-state index is 11.7. The first kappa shape index (κ1) is 15.6. The number of rotatable bonds is 5. The number of carbonyl (C=O) groups excluding carboxylic acids is 1. The highest BCUT2D eigenvalue weighted by Gasteiger charge is 2.22. The molecule has 1 heterocycles. The SMILES string of the molecule is CNC(=O)c1cc(C(=O)O)n([C@@H](C)c2cccc(OC)c2)n1. The van der Waals surface area contributed by atoms with Crippen LogP contribution in [-0.4, -0.2) is 40.9 Å². The summed E-state index contributed by atoms with van der Waals surface area (Å²) in [7, 11) is 3.03. The van der Waals surface area contributed by atoms with E-state index in [1.165, 1.54) is 17.8 Å². The largest absolute Gasteiger partial charge is 0.497 e. The van der Waals surface area contributed by atoms with Crippen molar-refractivity contribution in [1.82, 2.24) is 15.1 Å². The Bertz CT molecular complexity index is 709. The Hall–Kier alpha value is -2.83. The molecular formula is C15H17N3O4. The molecule has 7 heteroatoms. The van der Waals surface area contributed by atoms with Crippen LogP contribution in [0.1, 0.15) is 39.5 Å². The summed E-state index contributed by atoms with van der Waals surface area (Å²) in [6, 6.07) is 8.16. The van der Waals surface area contributed by atoms with E-state index in [-0.39, 0.29) is 17.4 Å². The van der Waals surface area contributed by atoms with Gasteiger partial charge < -0.3 is 15.2 Å². The number of aromatic nitrogens is 2. The number of nitrogens with one attached hydrogen (secondary N) is 1. The van der Waals surface area contributed by atoms with Crippen molar-refractivity contribution >= 4 is 11.9 Å². The number of hydrogen-bond acceptors (Lipinski definition) is 4. The normalized spacial score (nSPS) is 11.8. The van der Waals surface area contributed by atoms with Crippen molar-refractivity contribution < 1.29 is 19.4 Å². The predicted molar refractivity (Wildman–Crippen MR) is 79.4 cm³/mol. The van der Waals surface area contributed by atoms with Gasteiger partial charge in [0.25, 0.3) is 5.91 Å². The molecule has 116 valence electrons. The molecule has 1 atom stereocenters. The molecule has 0 unspecified atom stereocenters. The Kier molecular flexibility index (Phi) is 4.45. The van der Waals surface area contributed by atoms with Crippen molar-refractivity contribution in [1.29, 1.82) is 0 Å². The summed E-state index contributed by atoms with van der Waals surface area (Å²) < 4.78 is 6.49. The van der Waals surface area contributed by atoms with Crippen LogP contribution in [0.2, 0.25) is 0 Å². The number of methoxy groups -OCH3 is 1. The first-order valence-corrected chi connectivity index (χ1v) is 6.66. The second kappa shape index (κ2) is 6.30. The zero-order chi connectivity index (χ0) is 16.3. The molecule has 1 aromatic heterocycles. The van der Waals surface area contributed by atoms with Gasteiger partial charge in [-0.15, -0.1) is 0 Å². The van der Waals surface area contributed by atoms with Crippen molar-refractivity contribution in [3.05, 3.63) is 47.3 Å². The van der Waals surface area contributed by atoms with Crippen LogP contribution in [0.25, 0.3) is 0 Å². The Balaban J connectivity index is 2.47. The van der Waals surface area contributed by atoms with Gasteiger partial charge in [-0.1, -0.05) is 12.1 Å². The second-order valence-electron chi connectivity index (χ2n) is 4.70. The minimum absolute atomic E-state index is 0.0473. The van der Waals surface area contributed by atoms with Crippen molar-refractivity contribution in [3.8, 4) is 5.75 Å². The molecule has 0 aliphatic heterocycles. The quantitative estimate of drug-likeness (QED) is 0.874. The number of hydrogen-bond donors (Lipinski definition) is 2. The van der Waals surface area contributed by atoms with Gasteiger partial charge in [0.15, 0.2) is 5.69 Å². The molecule has 0 spiro atoms. The molecule has 0 aliphatic carbocycles. The molecule has 7 nitrogen and oxygen atoms in total. The first-order valence-electron chi connectivity index (χ1n) is 6.66. The zero-order valence-corrected chi connectivity index (χ0v) is 12.5. The predicted octanol–water partition coefficient (Wildman–Crippen LogP) is 1.56. The highest BCUT2D eigenvalue weighted by Crippen LogP contribution is 2.23. The molecule has 0 aliphatic rings. The zero-order valence-electron chi connectivity index (χ0n) is 12.5. The van der Waals surface area contributed by atoms with Gasteiger partial charge in [0.05, 0.1) is 13.2 Å². The Labute approximate surface area is 127 Å². The van der Waals surface area contributed by atoms with Crippen LogP contribution in [0.5, 0.6) is 5.75 Å². The van der Waals surface area contributed by atoms with Gasteiger partial charge in [-0.25, -0.2) is 4.79 Å². The topological polar surface area (TPSA) is 93.5 Å². The summed E-state index contributed by atoms with van der Waals surface area (Å²) in [6.07, 6.45) is 0. The average Bonchev–Trinajstić information content (AvgIpc) is 2.99. The number of benzene rings is 1. The van der Waals surface area contributed by atoms with Gasteiger partial charge in [0, 0.05) is 13.1 Å². The standard InChI is InChI=1S/C15H17N3O4/c1-9(10-5-4-6-11(7-10)22-3)18-13(15(20)21)8-12(17-18)14(19)16-2/h4-9H,1-3H3,(H,16,19)(H,20,21)/t9-/m0/s1. The summed E-state index contributed by atoms with van der Waals surface area (Å²) in [4.78, 5) is 23.0. The lowest BCUT2D eigenvalue weighted by Crippen LogP contribution is -2.19. The van der Waals surface area contributed by atoms with Crippen LogP contribution in [0.4, 0.5) is 0 Å². The van der Waals surface area contributed by atoms with E-state index in [9.17, 15) is 14.7 Å². The number of ether oxygens (including phenoxy) is 1. The molecule has 1 aromatic carbocycles. The maximum Gasteiger partial charge on any atom is 0.354 e. The lowest BCUT2D eigenvalue weighted by Gasteiger charge is -2.15. The summed E-state index contributed by atoms with van der Waals surface area (Å²) in [5, 5.41) is 15.9. The van der Waals surface area contributed by atoms with E-state index in [0.717, 1.165) is 5.56 Å². The molecule has 1 amide bonds. The van der Waals surface area contributed by atoms with Gasteiger partial charge in [0.1, 0.15) is 11.4 Å². The van der Waals surface area contributed by atoms with E-state index >= 15 is 0 Å². The van der Waals surface area contributed by atoms with Crippen LogP contribution in [-0.2, 0) is 0 Å². The lowest BCUT2D eigenvalue weighted by molar-refractivity contribution is 0.0681. The van der Waals surface area contributed by atoms with E-state index in [2.05, 4.69) is 10.4 Å². The third-order valence-corrected chi connectivity index (χ3v) is 3.36. The lowest BCUT2D eigenvalue weighted by atomic mass is 10.1. The molecule has 22 heavy (non-hydrogen) atoms. The summed E-state index contributed by atoms with van der Waals surface area (Å²) in [5.41, 5.74) is 0.844. The van der Waals surface area contributed by atoms with Crippen molar-refractivity contribution in [2.24, 2.45) is 0 Å². The molecule has 2 N–H and O–H groups in total. The van der Waals surface area contributed by atoms with E-state index in [4.69, 9.17) is 4.74 Å². The fourth-order valence-corrected chi connectivity index (χ4v) is 2.13. The molecular weight excluding hydrogens is 286 g/mol. The molecule has 0 bridgehead atoms. The minimum atomic E-state index is -1.14. The van der Waals surface area contributed by atoms with Crippen molar-refractivity contribution in [3.63, 3.8) is 0 Å². The minimum Gasteiger partial charge on any atom is -0.497 e. The number of carboxylic acids is 1. The molecule has 0 radical (unpaired) electrons. The number of carbonyl (C=O) groups is 2. The van der Waals surface area contributed by atoms with E-state index in [0.29, 0.717) is 5.75 Å². The first-order chi connectivity index (χ1) is 10.5. The average molecular weight is 303 g/mol. The molecule has 0 saturated carbocycles.